The summed E-state index contributed by atoms with van der Waals surface area (Å²) in [6.45, 7) is 3.94. The van der Waals surface area contributed by atoms with E-state index in [1.165, 1.54) is 22.7 Å². The molecule has 5 nitrogen and oxygen atoms in total. The minimum atomic E-state index is -3.55. The molecule has 0 aromatic carbocycles. The molecule has 1 atom stereocenters. The Labute approximate surface area is 120 Å². The highest BCUT2D eigenvalue weighted by Crippen LogP contribution is 2.25. The van der Waals surface area contributed by atoms with Crippen LogP contribution in [0.3, 0.4) is 0 Å². The molecule has 0 aliphatic carbocycles. The second kappa shape index (κ2) is 5.68. The molecule has 19 heavy (non-hydrogen) atoms. The van der Waals surface area contributed by atoms with Crippen LogP contribution in [0.25, 0.3) is 0 Å². The van der Waals surface area contributed by atoms with E-state index < -0.39 is 10.0 Å². The summed E-state index contributed by atoms with van der Waals surface area (Å²) in [7, 11) is -3.55. The van der Waals surface area contributed by atoms with Crippen molar-refractivity contribution < 1.29 is 8.42 Å². The first-order chi connectivity index (χ1) is 8.94. The number of nitrogens with one attached hydrogen (secondary N) is 1. The van der Waals surface area contributed by atoms with Crippen LogP contribution >= 0.6 is 22.7 Å². The third-order valence-corrected chi connectivity index (χ3v) is 6.31. The zero-order valence-electron chi connectivity index (χ0n) is 10.6. The number of hydrogen-bond acceptors (Lipinski definition) is 6. The lowest BCUT2D eigenvalue weighted by molar-refractivity contribution is 0.566. The van der Waals surface area contributed by atoms with Gasteiger partial charge < -0.3 is 5.73 Å². The number of sulfonamides is 1. The molecule has 2 aromatic heterocycles. The fraction of sp³-hybridized carbons (Fsp3) is 0.364. The Kier molecular flexibility index (Phi) is 4.36. The lowest BCUT2D eigenvalue weighted by Gasteiger charge is -2.12. The molecule has 0 fully saturated rings. The minimum Gasteiger partial charge on any atom is -0.326 e. The maximum atomic E-state index is 12.3. The number of thiazole rings is 1. The summed E-state index contributed by atoms with van der Waals surface area (Å²) in [5, 5.41) is 2.49. The summed E-state index contributed by atoms with van der Waals surface area (Å²) < 4.78 is 27.2. The monoisotopic (exact) mass is 317 g/mol. The normalized spacial score (nSPS) is 13.6. The molecule has 0 saturated carbocycles. The molecule has 0 aliphatic rings. The fourth-order valence-electron chi connectivity index (χ4n) is 1.64. The van der Waals surface area contributed by atoms with Crippen LogP contribution in [0.15, 0.2) is 22.5 Å². The van der Waals surface area contributed by atoms with Crippen molar-refractivity contribution in [1.82, 2.24) is 9.71 Å². The third-order valence-electron chi connectivity index (χ3n) is 2.52. The second-order valence-electron chi connectivity index (χ2n) is 4.06. The summed E-state index contributed by atoms with van der Waals surface area (Å²) in [5.41, 5.74) is 5.54. The van der Waals surface area contributed by atoms with Gasteiger partial charge in [-0.15, -0.1) is 22.7 Å². The Hall–Kier alpha value is -0.800. The first-order valence-electron chi connectivity index (χ1n) is 5.65. The molecule has 0 bridgehead atoms. The maximum Gasteiger partial charge on any atom is 0.242 e. The van der Waals surface area contributed by atoms with Gasteiger partial charge in [-0.05, 0) is 25.3 Å². The fourth-order valence-corrected chi connectivity index (χ4v) is 5.03. The average molecular weight is 317 g/mol. The highest BCUT2D eigenvalue weighted by atomic mass is 32.2. The second-order valence-corrected chi connectivity index (χ2v) is 8.01. The van der Waals surface area contributed by atoms with E-state index >= 15 is 0 Å². The van der Waals surface area contributed by atoms with E-state index in [4.69, 9.17) is 5.73 Å². The van der Waals surface area contributed by atoms with E-state index in [0.717, 1.165) is 9.88 Å². The predicted octanol–water partition coefficient (Wildman–Crippen LogP) is 2.01. The predicted molar refractivity (Wildman–Crippen MR) is 77.8 cm³/mol. The molecule has 0 saturated heterocycles. The molecule has 0 amide bonds. The van der Waals surface area contributed by atoms with Crippen molar-refractivity contribution in [2.75, 3.05) is 0 Å². The van der Waals surface area contributed by atoms with Crippen molar-refractivity contribution in [3.63, 3.8) is 0 Å². The summed E-state index contributed by atoms with van der Waals surface area (Å²) in [5.74, 6) is 0. The lowest BCUT2D eigenvalue weighted by Crippen LogP contribution is -2.27. The number of aryl methyl sites for hydroxylation is 1. The highest BCUT2D eigenvalue weighted by Gasteiger charge is 2.23. The van der Waals surface area contributed by atoms with Crippen LogP contribution in [-0.2, 0) is 16.6 Å². The summed E-state index contributed by atoms with van der Waals surface area (Å²) >= 11 is 2.83. The van der Waals surface area contributed by atoms with Crippen LogP contribution in [0.5, 0.6) is 0 Å². The number of aromatic nitrogens is 1. The van der Waals surface area contributed by atoms with Gasteiger partial charge in [0.05, 0.1) is 10.9 Å². The van der Waals surface area contributed by atoms with Crippen LogP contribution < -0.4 is 10.5 Å². The number of thiophene rings is 1. The van der Waals surface area contributed by atoms with Gasteiger partial charge in [-0.25, -0.2) is 18.1 Å². The molecule has 2 heterocycles. The van der Waals surface area contributed by atoms with Gasteiger partial charge in [0.15, 0.2) is 0 Å². The number of nitrogens with two attached hydrogens (primary N) is 1. The standard InChI is InChI=1S/C11H15N3O2S3/c1-7-6-13-11(18-7)8(2)14-19(15,16)10-3-4-17-9(10)5-12/h3-4,6,8,14H,5,12H2,1-2H3. The van der Waals surface area contributed by atoms with Gasteiger partial charge in [0.25, 0.3) is 0 Å². The molecular formula is C11H15N3O2S3. The van der Waals surface area contributed by atoms with Crippen LogP contribution in [0.2, 0.25) is 0 Å². The molecule has 2 aromatic rings. The van der Waals surface area contributed by atoms with E-state index in [-0.39, 0.29) is 17.5 Å². The molecular weight excluding hydrogens is 302 g/mol. The number of nitrogens with zero attached hydrogens (tertiary/aromatic N) is 1. The largest absolute Gasteiger partial charge is 0.326 e. The van der Waals surface area contributed by atoms with Crippen LogP contribution in [0.1, 0.15) is 27.7 Å². The number of rotatable bonds is 5. The van der Waals surface area contributed by atoms with Gasteiger partial charge in [-0.1, -0.05) is 0 Å². The zero-order chi connectivity index (χ0) is 14.0. The third kappa shape index (κ3) is 3.21. The van der Waals surface area contributed by atoms with Gasteiger partial charge in [-0.2, -0.15) is 0 Å². The van der Waals surface area contributed by atoms with E-state index in [1.54, 1.807) is 24.6 Å². The quantitative estimate of drug-likeness (QED) is 0.883. The molecule has 3 N–H and O–H groups in total. The molecule has 8 heteroatoms. The first kappa shape index (κ1) is 14.6. The molecule has 0 spiro atoms. The van der Waals surface area contributed by atoms with Gasteiger partial charge in [0.1, 0.15) is 5.01 Å². The van der Waals surface area contributed by atoms with Crippen molar-refractivity contribution in [1.29, 1.82) is 0 Å². The van der Waals surface area contributed by atoms with Crippen molar-refractivity contribution >= 4 is 32.7 Å². The van der Waals surface area contributed by atoms with Gasteiger partial charge >= 0.3 is 0 Å². The van der Waals surface area contributed by atoms with Crippen LogP contribution in [0, 0.1) is 6.92 Å². The van der Waals surface area contributed by atoms with Crippen molar-refractivity contribution in [3.05, 3.63) is 32.4 Å². The Morgan fingerprint density at radius 3 is 2.84 bits per heavy atom. The highest BCUT2D eigenvalue weighted by molar-refractivity contribution is 7.89. The van der Waals surface area contributed by atoms with E-state index in [0.29, 0.717) is 4.88 Å². The van der Waals surface area contributed by atoms with E-state index in [1.807, 2.05) is 6.92 Å². The van der Waals surface area contributed by atoms with Crippen molar-refractivity contribution in [2.45, 2.75) is 31.3 Å². The van der Waals surface area contributed by atoms with Crippen molar-refractivity contribution in [2.24, 2.45) is 5.73 Å². The Bertz CT molecular complexity index is 660. The Balaban J connectivity index is 2.22. The van der Waals surface area contributed by atoms with Gasteiger partial charge in [0, 0.05) is 22.5 Å². The van der Waals surface area contributed by atoms with E-state index in [9.17, 15) is 8.42 Å². The summed E-state index contributed by atoms with van der Waals surface area (Å²) in [6.07, 6.45) is 1.74. The molecule has 2 rings (SSSR count). The lowest BCUT2D eigenvalue weighted by atomic mass is 10.4. The zero-order valence-corrected chi connectivity index (χ0v) is 13.0. The minimum absolute atomic E-state index is 0.221. The Morgan fingerprint density at radius 2 is 2.26 bits per heavy atom. The SMILES string of the molecule is Cc1cnc(C(C)NS(=O)(=O)c2ccsc2CN)s1. The molecule has 104 valence electrons. The Morgan fingerprint density at radius 1 is 1.53 bits per heavy atom. The molecule has 1 unspecified atom stereocenters. The molecule has 0 aliphatic heterocycles. The molecule has 0 radical (unpaired) electrons. The topological polar surface area (TPSA) is 85.1 Å². The van der Waals surface area contributed by atoms with Gasteiger partial charge in [-0.3, -0.25) is 0 Å². The average Bonchev–Trinajstić information content (AvgIpc) is 2.96. The summed E-state index contributed by atoms with van der Waals surface area (Å²) in [4.78, 5) is 6.17. The smallest absolute Gasteiger partial charge is 0.242 e. The van der Waals surface area contributed by atoms with Crippen molar-refractivity contribution in [3.8, 4) is 0 Å². The summed E-state index contributed by atoms with van der Waals surface area (Å²) in [6, 6.07) is 1.23. The van der Waals surface area contributed by atoms with Crippen LogP contribution in [-0.4, -0.2) is 13.4 Å². The maximum absolute atomic E-state index is 12.3. The van der Waals surface area contributed by atoms with E-state index in [2.05, 4.69) is 9.71 Å². The first-order valence-corrected chi connectivity index (χ1v) is 8.83. The van der Waals surface area contributed by atoms with Crippen LogP contribution in [0.4, 0.5) is 0 Å². The van der Waals surface area contributed by atoms with Gasteiger partial charge in [0.2, 0.25) is 10.0 Å². The number of hydrogen-bond donors (Lipinski definition) is 2.